The molecule has 0 aliphatic heterocycles. The van der Waals surface area contributed by atoms with E-state index in [4.69, 9.17) is 9.15 Å². The van der Waals surface area contributed by atoms with Crippen molar-refractivity contribution in [1.29, 1.82) is 0 Å². The molecule has 1 heterocycles. The highest BCUT2D eigenvalue weighted by Gasteiger charge is 2.58. The van der Waals surface area contributed by atoms with Gasteiger partial charge in [-0.05, 0) is 46.2 Å². The molecule has 1 aromatic rings. The van der Waals surface area contributed by atoms with Gasteiger partial charge >= 0.3 is 0 Å². The summed E-state index contributed by atoms with van der Waals surface area (Å²) in [5.41, 5.74) is -1.30. The van der Waals surface area contributed by atoms with Gasteiger partial charge in [-0.2, -0.15) is 0 Å². The number of halogens is 1. The summed E-state index contributed by atoms with van der Waals surface area (Å²) < 4.78 is 11.2. The number of rotatable bonds is 6. The van der Waals surface area contributed by atoms with Crippen LogP contribution in [0.2, 0.25) is 0 Å². The molecule has 7 heteroatoms. The monoisotopic (exact) mass is 479 g/mol. The van der Waals surface area contributed by atoms with E-state index in [1.54, 1.807) is 20.1 Å². The third-order valence-corrected chi connectivity index (χ3v) is 5.75. The zero-order valence-electron chi connectivity index (χ0n) is 17.0. The van der Waals surface area contributed by atoms with E-state index in [1.165, 1.54) is 0 Å². The molecular weight excluding hydrogens is 445 g/mol. The molecule has 2 rings (SSSR count). The summed E-state index contributed by atoms with van der Waals surface area (Å²) in [6.07, 6.45) is 0.911. The number of hydrogen-bond donors (Lipinski definition) is 3. The van der Waals surface area contributed by atoms with Crippen LogP contribution in [-0.2, 0) is 10.3 Å². The van der Waals surface area contributed by atoms with Gasteiger partial charge in [-0.15, -0.1) is 24.0 Å². The van der Waals surface area contributed by atoms with Gasteiger partial charge in [0.2, 0.25) is 0 Å². The van der Waals surface area contributed by atoms with Crippen molar-refractivity contribution in [3.63, 3.8) is 0 Å². The molecule has 0 aromatic carbocycles. The van der Waals surface area contributed by atoms with Crippen LogP contribution in [0.1, 0.15) is 52.6 Å². The Morgan fingerprint density at radius 2 is 2.08 bits per heavy atom. The summed E-state index contributed by atoms with van der Waals surface area (Å²) >= 11 is 0. The van der Waals surface area contributed by atoms with Gasteiger partial charge in [0.15, 0.2) is 5.96 Å². The van der Waals surface area contributed by atoms with Gasteiger partial charge in [0.1, 0.15) is 17.1 Å². The molecule has 6 nitrogen and oxygen atoms in total. The maximum atomic E-state index is 10.7. The van der Waals surface area contributed by atoms with Crippen LogP contribution in [0.5, 0.6) is 0 Å². The Hall–Kier alpha value is -0.800. The Morgan fingerprint density at radius 3 is 2.54 bits per heavy atom. The van der Waals surface area contributed by atoms with E-state index >= 15 is 0 Å². The molecule has 0 spiro atoms. The lowest BCUT2D eigenvalue weighted by atomic mass is 9.56. The van der Waals surface area contributed by atoms with Gasteiger partial charge < -0.3 is 24.9 Å². The fourth-order valence-electron chi connectivity index (χ4n) is 3.24. The number of ether oxygens (including phenoxy) is 1. The lowest BCUT2D eigenvalue weighted by Crippen LogP contribution is -2.69. The van der Waals surface area contributed by atoms with Crippen molar-refractivity contribution in [3.8, 4) is 0 Å². The van der Waals surface area contributed by atoms with Crippen LogP contribution >= 0.6 is 24.0 Å². The molecule has 150 valence electrons. The van der Waals surface area contributed by atoms with Gasteiger partial charge in [-0.1, -0.05) is 13.8 Å². The third-order valence-electron chi connectivity index (χ3n) is 5.75. The Balaban J connectivity index is 0.00000338. The summed E-state index contributed by atoms with van der Waals surface area (Å²) in [5.74, 6) is 2.00. The van der Waals surface area contributed by atoms with E-state index in [9.17, 15) is 5.11 Å². The number of aryl methyl sites for hydroxylation is 1. The number of nitrogens with one attached hydrogen (secondary N) is 2. The van der Waals surface area contributed by atoms with E-state index in [1.807, 2.05) is 19.9 Å². The van der Waals surface area contributed by atoms with Crippen LogP contribution < -0.4 is 10.6 Å². The third kappa shape index (κ3) is 4.54. The van der Waals surface area contributed by atoms with Crippen molar-refractivity contribution in [1.82, 2.24) is 10.6 Å². The minimum atomic E-state index is -1.15. The van der Waals surface area contributed by atoms with E-state index in [0.29, 0.717) is 11.7 Å². The number of guanidine groups is 1. The first kappa shape index (κ1) is 23.2. The summed E-state index contributed by atoms with van der Waals surface area (Å²) in [6.45, 7) is 13.1. The van der Waals surface area contributed by atoms with Crippen LogP contribution in [0.4, 0.5) is 0 Å². The second-order valence-electron chi connectivity index (χ2n) is 7.94. The first-order valence-corrected chi connectivity index (χ1v) is 8.95. The number of nitrogens with zero attached hydrogens (tertiary/aromatic N) is 1. The quantitative estimate of drug-likeness (QED) is 0.332. The minimum Gasteiger partial charge on any atom is -0.463 e. The normalized spacial score (nSPS) is 27.1. The highest BCUT2D eigenvalue weighted by Crippen LogP contribution is 2.51. The molecule has 1 aliphatic carbocycles. The first-order valence-electron chi connectivity index (χ1n) is 8.95. The summed E-state index contributed by atoms with van der Waals surface area (Å²) in [7, 11) is 1.76. The smallest absolute Gasteiger partial charge is 0.191 e. The first-order chi connectivity index (χ1) is 11.6. The summed E-state index contributed by atoms with van der Waals surface area (Å²) in [4.78, 5) is 4.58. The van der Waals surface area contributed by atoms with Gasteiger partial charge in [0.25, 0.3) is 0 Å². The van der Waals surface area contributed by atoms with E-state index in [2.05, 4.69) is 36.4 Å². The molecule has 1 aliphatic rings. The van der Waals surface area contributed by atoms with Crippen LogP contribution in [-0.4, -0.2) is 42.9 Å². The zero-order valence-corrected chi connectivity index (χ0v) is 19.3. The Bertz CT molecular complexity index is 627. The molecule has 1 aromatic heterocycles. The number of aliphatic imine (C=N–C) groups is 1. The fourth-order valence-corrected chi connectivity index (χ4v) is 3.24. The highest BCUT2D eigenvalue weighted by atomic mass is 127. The SMILES string of the molecule is CCNC(=NCC(C)(O)c1ccc(C)o1)NC1CC(C)(OC)C1(C)C.I. The zero-order chi connectivity index (χ0) is 18.9. The van der Waals surface area contributed by atoms with Crippen LogP contribution in [0.15, 0.2) is 21.5 Å². The van der Waals surface area contributed by atoms with Crippen LogP contribution in [0.3, 0.4) is 0 Å². The summed E-state index contributed by atoms with van der Waals surface area (Å²) in [5, 5.41) is 17.4. The number of aliphatic hydroxyl groups is 1. The van der Waals surface area contributed by atoms with Crippen LogP contribution in [0.25, 0.3) is 0 Å². The largest absolute Gasteiger partial charge is 0.463 e. The molecular formula is C19H34IN3O3. The molecule has 3 atom stereocenters. The van der Waals surface area contributed by atoms with Gasteiger partial charge in [-0.25, -0.2) is 4.99 Å². The number of hydrogen-bond acceptors (Lipinski definition) is 4. The fraction of sp³-hybridized carbons (Fsp3) is 0.737. The Labute approximate surface area is 174 Å². The molecule has 0 bridgehead atoms. The topological polar surface area (TPSA) is 79.0 Å². The van der Waals surface area contributed by atoms with Gasteiger partial charge in [0, 0.05) is 25.1 Å². The second kappa shape index (κ2) is 8.48. The van der Waals surface area contributed by atoms with Gasteiger partial charge in [-0.3, -0.25) is 0 Å². The van der Waals surface area contributed by atoms with Crippen molar-refractivity contribution >= 4 is 29.9 Å². The molecule has 3 N–H and O–H groups in total. The van der Waals surface area contributed by atoms with Crippen molar-refractivity contribution in [3.05, 3.63) is 23.7 Å². The molecule has 0 amide bonds. The van der Waals surface area contributed by atoms with Crippen molar-refractivity contribution < 1.29 is 14.3 Å². The van der Waals surface area contributed by atoms with Crippen molar-refractivity contribution in [2.45, 2.75) is 65.2 Å². The lowest BCUT2D eigenvalue weighted by molar-refractivity contribution is -0.176. The van der Waals surface area contributed by atoms with E-state index in [-0.39, 0.29) is 47.6 Å². The highest BCUT2D eigenvalue weighted by molar-refractivity contribution is 14.0. The lowest BCUT2D eigenvalue weighted by Gasteiger charge is -2.59. The predicted molar refractivity (Wildman–Crippen MR) is 115 cm³/mol. The van der Waals surface area contributed by atoms with Crippen molar-refractivity contribution in [2.75, 3.05) is 20.2 Å². The average Bonchev–Trinajstić information content (AvgIpc) is 2.99. The van der Waals surface area contributed by atoms with Gasteiger partial charge in [0.05, 0.1) is 12.1 Å². The van der Waals surface area contributed by atoms with E-state index < -0.39 is 5.60 Å². The molecule has 0 radical (unpaired) electrons. The Kier molecular flexibility index (Phi) is 7.58. The molecule has 26 heavy (non-hydrogen) atoms. The Morgan fingerprint density at radius 1 is 1.42 bits per heavy atom. The number of furan rings is 1. The maximum Gasteiger partial charge on any atom is 0.191 e. The van der Waals surface area contributed by atoms with Crippen LogP contribution in [0, 0.1) is 12.3 Å². The predicted octanol–water partition coefficient (Wildman–Crippen LogP) is 3.17. The van der Waals surface area contributed by atoms with Crippen molar-refractivity contribution in [2.24, 2.45) is 10.4 Å². The number of methoxy groups -OCH3 is 1. The molecule has 1 fully saturated rings. The molecule has 3 unspecified atom stereocenters. The average molecular weight is 479 g/mol. The van der Waals surface area contributed by atoms with E-state index in [0.717, 1.165) is 18.7 Å². The maximum absolute atomic E-state index is 10.7. The minimum absolute atomic E-state index is 0. The standard InChI is InChI=1S/C19H33N3O3.HI/c1-8-20-16(22-14-11-19(6,24-7)17(14,3)4)21-12-18(5,23)15-10-9-13(2)25-15;/h9-10,14,23H,8,11-12H2,1-7H3,(H2,20,21,22);1H. The molecule has 1 saturated carbocycles. The summed E-state index contributed by atoms with van der Waals surface area (Å²) in [6, 6.07) is 3.90. The second-order valence-corrected chi connectivity index (χ2v) is 7.94. The molecule has 0 saturated heterocycles.